The summed E-state index contributed by atoms with van der Waals surface area (Å²) in [7, 11) is -3.98. The summed E-state index contributed by atoms with van der Waals surface area (Å²) in [6.07, 6.45) is 4.23. The smallest absolute Gasteiger partial charge is 0.308 e. The first-order chi connectivity index (χ1) is 9.50. The Morgan fingerprint density at radius 3 is 2.95 bits per heavy atom. The third kappa shape index (κ3) is 3.50. The molecule has 2 heterocycles. The van der Waals surface area contributed by atoms with Crippen molar-refractivity contribution in [1.82, 2.24) is 15.0 Å². The largest absolute Gasteiger partial charge is 0.313 e. The molecule has 1 atom stereocenters. The van der Waals surface area contributed by atoms with Gasteiger partial charge in [0.15, 0.2) is 0 Å². The molecule has 110 valence electrons. The van der Waals surface area contributed by atoms with Crippen LogP contribution in [0.4, 0.5) is 5.69 Å². The highest BCUT2D eigenvalue weighted by Crippen LogP contribution is 2.20. The second kappa shape index (κ2) is 6.25. The summed E-state index contributed by atoms with van der Waals surface area (Å²) >= 11 is 0. The molecular weight excluding hydrogens is 284 g/mol. The minimum absolute atomic E-state index is 0.0568. The van der Waals surface area contributed by atoms with Crippen molar-refractivity contribution in [3.05, 3.63) is 28.4 Å². The van der Waals surface area contributed by atoms with Crippen LogP contribution in [-0.4, -0.2) is 37.5 Å². The maximum atomic E-state index is 12.1. The van der Waals surface area contributed by atoms with Crippen LogP contribution in [0.1, 0.15) is 19.3 Å². The molecule has 1 aromatic rings. The summed E-state index contributed by atoms with van der Waals surface area (Å²) in [4.78, 5) is 13.7. The maximum Gasteiger partial charge on any atom is 0.308 e. The summed E-state index contributed by atoms with van der Waals surface area (Å²) in [6.45, 7) is 1.06. The zero-order chi connectivity index (χ0) is 14.6. The lowest BCUT2D eigenvalue weighted by Crippen LogP contribution is -2.43. The van der Waals surface area contributed by atoms with Gasteiger partial charge in [-0.05, 0) is 25.5 Å². The number of piperidine rings is 1. The van der Waals surface area contributed by atoms with Crippen molar-refractivity contribution >= 4 is 15.7 Å². The SMILES string of the molecule is O=[N+]([O-])c1cccnc1S(=O)(=O)NC[C@H]1CCCCN1. The molecule has 0 aliphatic carbocycles. The van der Waals surface area contributed by atoms with Crippen LogP contribution >= 0.6 is 0 Å². The highest BCUT2D eigenvalue weighted by atomic mass is 32.2. The Morgan fingerprint density at radius 2 is 2.30 bits per heavy atom. The van der Waals surface area contributed by atoms with Crippen molar-refractivity contribution < 1.29 is 13.3 Å². The number of rotatable bonds is 5. The van der Waals surface area contributed by atoms with Gasteiger partial charge in [0.05, 0.1) is 4.92 Å². The molecule has 0 amide bonds. The first-order valence-electron chi connectivity index (χ1n) is 6.33. The number of nitrogens with zero attached hydrogens (tertiary/aromatic N) is 2. The number of nitro groups is 1. The fraction of sp³-hybridized carbons (Fsp3) is 0.545. The van der Waals surface area contributed by atoms with Crippen molar-refractivity contribution in [2.24, 2.45) is 0 Å². The number of hydrogen-bond acceptors (Lipinski definition) is 6. The topological polar surface area (TPSA) is 114 Å². The summed E-state index contributed by atoms with van der Waals surface area (Å²) in [5.74, 6) is 0. The molecule has 8 nitrogen and oxygen atoms in total. The zero-order valence-electron chi connectivity index (χ0n) is 10.8. The molecule has 1 saturated heterocycles. The molecule has 1 aliphatic heterocycles. The summed E-state index contributed by atoms with van der Waals surface area (Å²) in [5, 5.41) is 13.5. The highest BCUT2D eigenvalue weighted by Gasteiger charge is 2.27. The van der Waals surface area contributed by atoms with Gasteiger partial charge >= 0.3 is 5.69 Å². The predicted octanol–water partition coefficient (Wildman–Crippen LogP) is 0.410. The van der Waals surface area contributed by atoms with Crippen molar-refractivity contribution in [1.29, 1.82) is 0 Å². The molecule has 0 unspecified atom stereocenters. The van der Waals surface area contributed by atoms with E-state index < -0.39 is 25.7 Å². The molecule has 0 bridgehead atoms. The van der Waals surface area contributed by atoms with Crippen LogP contribution in [0.3, 0.4) is 0 Å². The van der Waals surface area contributed by atoms with E-state index >= 15 is 0 Å². The number of hydrogen-bond donors (Lipinski definition) is 2. The van der Waals surface area contributed by atoms with Crippen LogP contribution in [0.25, 0.3) is 0 Å². The van der Waals surface area contributed by atoms with E-state index in [4.69, 9.17) is 0 Å². The number of pyridine rings is 1. The molecule has 1 fully saturated rings. The first-order valence-corrected chi connectivity index (χ1v) is 7.81. The quantitative estimate of drug-likeness (QED) is 0.601. The van der Waals surface area contributed by atoms with Gasteiger partial charge in [-0.15, -0.1) is 0 Å². The molecule has 1 aromatic heterocycles. The highest BCUT2D eigenvalue weighted by molar-refractivity contribution is 7.89. The fourth-order valence-electron chi connectivity index (χ4n) is 2.11. The molecule has 9 heteroatoms. The maximum absolute atomic E-state index is 12.1. The Morgan fingerprint density at radius 1 is 1.50 bits per heavy atom. The van der Waals surface area contributed by atoms with E-state index in [9.17, 15) is 18.5 Å². The summed E-state index contributed by atoms with van der Waals surface area (Å²) in [5.41, 5.74) is -0.517. The van der Waals surface area contributed by atoms with Gasteiger partial charge in [0.25, 0.3) is 10.0 Å². The van der Waals surface area contributed by atoms with Crippen LogP contribution in [0.5, 0.6) is 0 Å². The van der Waals surface area contributed by atoms with Crippen molar-refractivity contribution in [2.45, 2.75) is 30.3 Å². The van der Waals surface area contributed by atoms with Crippen molar-refractivity contribution in [3.8, 4) is 0 Å². The Hall–Kier alpha value is -1.58. The Kier molecular flexibility index (Phi) is 4.63. The average Bonchev–Trinajstić information content (AvgIpc) is 2.46. The van der Waals surface area contributed by atoms with E-state index in [0.717, 1.165) is 31.9 Å². The Labute approximate surface area is 116 Å². The van der Waals surface area contributed by atoms with Gasteiger partial charge in [-0.3, -0.25) is 10.1 Å². The van der Waals surface area contributed by atoms with Crippen molar-refractivity contribution in [2.75, 3.05) is 13.1 Å². The van der Waals surface area contributed by atoms with Gasteiger partial charge in [0.1, 0.15) is 0 Å². The molecule has 0 saturated carbocycles. The molecule has 0 spiro atoms. The first kappa shape index (κ1) is 14.8. The van der Waals surface area contributed by atoms with Crippen LogP contribution < -0.4 is 10.0 Å². The van der Waals surface area contributed by atoms with E-state index in [2.05, 4.69) is 15.0 Å². The van der Waals surface area contributed by atoms with Gasteiger partial charge in [0.2, 0.25) is 5.03 Å². The second-order valence-corrected chi connectivity index (χ2v) is 6.27. The molecule has 20 heavy (non-hydrogen) atoms. The lowest BCUT2D eigenvalue weighted by Gasteiger charge is -2.23. The summed E-state index contributed by atoms with van der Waals surface area (Å²) < 4.78 is 26.6. The molecule has 0 aromatic carbocycles. The summed E-state index contributed by atoms with van der Waals surface area (Å²) in [6, 6.07) is 2.52. The van der Waals surface area contributed by atoms with E-state index in [1.165, 1.54) is 12.3 Å². The van der Waals surface area contributed by atoms with Gasteiger partial charge in [-0.2, -0.15) is 0 Å². The van der Waals surface area contributed by atoms with E-state index in [-0.39, 0.29) is 12.6 Å². The molecule has 0 radical (unpaired) electrons. The number of nitrogens with one attached hydrogen (secondary N) is 2. The van der Waals surface area contributed by atoms with Crippen LogP contribution in [0, 0.1) is 10.1 Å². The Balaban J connectivity index is 2.12. The van der Waals surface area contributed by atoms with Gasteiger partial charge in [-0.25, -0.2) is 18.1 Å². The fourth-order valence-corrected chi connectivity index (χ4v) is 3.28. The van der Waals surface area contributed by atoms with Gasteiger partial charge < -0.3 is 5.32 Å². The van der Waals surface area contributed by atoms with Crippen molar-refractivity contribution in [3.63, 3.8) is 0 Å². The van der Waals surface area contributed by atoms with E-state index in [1.54, 1.807) is 0 Å². The monoisotopic (exact) mass is 300 g/mol. The van der Waals surface area contributed by atoms with Crippen LogP contribution in [0.15, 0.2) is 23.4 Å². The van der Waals surface area contributed by atoms with E-state index in [0.29, 0.717) is 0 Å². The molecule has 2 rings (SSSR count). The number of sulfonamides is 1. The molecule has 1 aliphatic rings. The normalized spacial score (nSPS) is 19.7. The standard InChI is InChI=1S/C11H16N4O4S/c16-15(17)10-5-3-7-13-11(10)20(18,19)14-8-9-4-1-2-6-12-9/h3,5,7,9,12,14H,1-2,4,6,8H2/t9-/m1/s1. The van der Waals surface area contributed by atoms with Crippen LogP contribution in [-0.2, 0) is 10.0 Å². The lowest BCUT2D eigenvalue weighted by atomic mass is 10.1. The Bertz CT molecular complexity index is 584. The third-order valence-electron chi connectivity index (χ3n) is 3.13. The third-order valence-corrected chi connectivity index (χ3v) is 4.50. The van der Waals surface area contributed by atoms with Gasteiger partial charge in [-0.1, -0.05) is 6.42 Å². The zero-order valence-corrected chi connectivity index (χ0v) is 11.6. The molecule has 2 N–H and O–H groups in total. The second-order valence-electron chi connectivity index (χ2n) is 4.58. The predicted molar refractivity (Wildman–Crippen MR) is 71.7 cm³/mol. The lowest BCUT2D eigenvalue weighted by molar-refractivity contribution is -0.388. The minimum atomic E-state index is -3.98. The molecular formula is C11H16N4O4S. The van der Waals surface area contributed by atoms with Gasteiger partial charge in [0, 0.05) is 24.8 Å². The van der Waals surface area contributed by atoms with E-state index in [1.807, 2.05) is 0 Å². The number of aromatic nitrogens is 1. The van der Waals surface area contributed by atoms with Crippen LogP contribution in [0.2, 0.25) is 0 Å². The average molecular weight is 300 g/mol. The minimum Gasteiger partial charge on any atom is -0.313 e.